The van der Waals surface area contributed by atoms with Crippen LogP contribution in [0.1, 0.15) is 47.0 Å². The van der Waals surface area contributed by atoms with Gasteiger partial charge in [-0.05, 0) is 12.8 Å². The molecule has 0 amide bonds. The van der Waals surface area contributed by atoms with Crippen LogP contribution in [0.4, 0.5) is 0 Å². The standard InChI is InChI=1S/2C6H12O2/c1-4-5(2)6(7)8-3;1-3-4-5(2)6(7)8/h5H,4H2,1-3H3;5H,3-4H2,1-2H3,(H,7,8). The fourth-order valence-corrected chi connectivity index (χ4v) is 0.924. The molecule has 0 saturated carbocycles. The fourth-order valence-electron chi connectivity index (χ4n) is 0.924. The molecule has 4 heteroatoms. The predicted molar refractivity (Wildman–Crippen MR) is 63.2 cm³/mol. The molecule has 0 saturated heterocycles. The van der Waals surface area contributed by atoms with E-state index in [-0.39, 0.29) is 17.8 Å². The number of carbonyl (C=O) groups excluding carboxylic acids is 1. The van der Waals surface area contributed by atoms with E-state index in [2.05, 4.69) is 4.74 Å². The second-order valence-electron chi connectivity index (χ2n) is 3.86. The lowest BCUT2D eigenvalue weighted by Crippen LogP contribution is -2.10. The molecule has 0 aromatic heterocycles. The fraction of sp³-hybridized carbons (Fsp3) is 0.833. The molecule has 0 aliphatic heterocycles. The van der Waals surface area contributed by atoms with Gasteiger partial charge in [-0.25, -0.2) is 0 Å². The van der Waals surface area contributed by atoms with Gasteiger partial charge in [0.05, 0.1) is 18.9 Å². The molecule has 0 spiro atoms. The Morgan fingerprint density at radius 3 is 1.81 bits per heavy atom. The number of carboxylic acids is 1. The van der Waals surface area contributed by atoms with Crippen LogP contribution in [0.25, 0.3) is 0 Å². The maximum Gasteiger partial charge on any atom is 0.308 e. The molecule has 0 aliphatic carbocycles. The van der Waals surface area contributed by atoms with Crippen molar-refractivity contribution in [1.82, 2.24) is 0 Å². The van der Waals surface area contributed by atoms with Gasteiger partial charge in [0.15, 0.2) is 0 Å². The minimum Gasteiger partial charge on any atom is -0.481 e. The first-order valence-corrected chi connectivity index (χ1v) is 5.71. The van der Waals surface area contributed by atoms with E-state index in [0.29, 0.717) is 0 Å². The van der Waals surface area contributed by atoms with Gasteiger partial charge >= 0.3 is 11.9 Å². The molecule has 1 N–H and O–H groups in total. The van der Waals surface area contributed by atoms with Crippen molar-refractivity contribution >= 4 is 11.9 Å². The van der Waals surface area contributed by atoms with Crippen molar-refractivity contribution in [2.75, 3.05) is 7.11 Å². The van der Waals surface area contributed by atoms with E-state index in [9.17, 15) is 9.59 Å². The van der Waals surface area contributed by atoms with Gasteiger partial charge < -0.3 is 9.84 Å². The van der Waals surface area contributed by atoms with E-state index in [1.165, 1.54) is 7.11 Å². The van der Waals surface area contributed by atoms with Gasteiger partial charge in [-0.1, -0.05) is 34.1 Å². The smallest absolute Gasteiger partial charge is 0.308 e. The Labute approximate surface area is 98.0 Å². The Bertz CT molecular complexity index is 201. The van der Waals surface area contributed by atoms with Gasteiger partial charge in [0.1, 0.15) is 0 Å². The molecule has 96 valence electrons. The molecule has 2 unspecified atom stereocenters. The average molecular weight is 232 g/mol. The highest BCUT2D eigenvalue weighted by Gasteiger charge is 2.08. The number of esters is 1. The van der Waals surface area contributed by atoms with Gasteiger partial charge in [-0.2, -0.15) is 0 Å². The topological polar surface area (TPSA) is 63.6 Å². The van der Waals surface area contributed by atoms with Crippen LogP contribution in [-0.4, -0.2) is 24.2 Å². The van der Waals surface area contributed by atoms with Crippen LogP contribution in [0.15, 0.2) is 0 Å². The number of ether oxygens (including phenoxy) is 1. The van der Waals surface area contributed by atoms with E-state index < -0.39 is 5.97 Å². The first kappa shape index (κ1) is 17.3. The maximum absolute atomic E-state index is 10.5. The maximum atomic E-state index is 10.5. The Morgan fingerprint density at radius 2 is 1.69 bits per heavy atom. The summed E-state index contributed by atoms with van der Waals surface area (Å²) >= 11 is 0. The number of hydrogen-bond donors (Lipinski definition) is 1. The molecule has 4 nitrogen and oxygen atoms in total. The molecule has 0 heterocycles. The molecule has 0 aromatic carbocycles. The molecule has 0 aliphatic rings. The number of carboxylic acid groups (broad SMARTS) is 1. The van der Waals surface area contributed by atoms with Gasteiger partial charge in [-0.15, -0.1) is 0 Å². The molecule has 2 atom stereocenters. The summed E-state index contributed by atoms with van der Waals surface area (Å²) in [5.74, 6) is -0.917. The summed E-state index contributed by atoms with van der Waals surface area (Å²) in [6, 6.07) is 0. The summed E-state index contributed by atoms with van der Waals surface area (Å²) in [7, 11) is 1.41. The van der Waals surface area contributed by atoms with Crippen molar-refractivity contribution in [3.05, 3.63) is 0 Å². The van der Waals surface area contributed by atoms with Crippen LogP contribution in [0, 0.1) is 11.8 Å². The van der Waals surface area contributed by atoms with Crippen molar-refractivity contribution in [3.63, 3.8) is 0 Å². The predicted octanol–water partition coefficient (Wildman–Crippen LogP) is 2.71. The zero-order valence-corrected chi connectivity index (χ0v) is 10.9. The second-order valence-corrected chi connectivity index (χ2v) is 3.86. The molecule has 0 rings (SSSR count). The SMILES string of the molecule is CCC(C)C(=O)OC.CCCC(C)C(=O)O. The van der Waals surface area contributed by atoms with Crippen LogP contribution in [0.2, 0.25) is 0 Å². The van der Waals surface area contributed by atoms with E-state index in [1.54, 1.807) is 6.92 Å². The van der Waals surface area contributed by atoms with Gasteiger partial charge in [0.25, 0.3) is 0 Å². The van der Waals surface area contributed by atoms with Crippen LogP contribution in [-0.2, 0) is 14.3 Å². The lowest BCUT2D eigenvalue weighted by Gasteiger charge is -2.02. The third-order valence-electron chi connectivity index (χ3n) is 2.36. The number of rotatable bonds is 5. The quantitative estimate of drug-likeness (QED) is 0.740. The van der Waals surface area contributed by atoms with Crippen molar-refractivity contribution in [3.8, 4) is 0 Å². The summed E-state index contributed by atoms with van der Waals surface area (Å²) < 4.78 is 4.46. The minimum absolute atomic E-state index is 0.0556. The van der Waals surface area contributed by atoms with Gasteiger partial charge in [0, 0.05) is 0 Å². The Morgan fingerprint density at radius 1 is 1.19 bits per heavy atom. The highest BCUT2D eigenvalue weighted by Crippen LogP contribution is 2.03. The molecular formula is C12H24O4. The lowest BCUT2D eigenvalue weighted by atomic mass is 10.1. The number of methoxy groups -OCH3 is 1. The highest BCUT2D eigenvalue weighted by atomic mass is 16.5. The molecule has 0 aromatic rings. The normalized spacial score (nSPS) is 13.1. The van der Waals surface area contributed by atoms with Crippen LogP contribution in [0.3, 0.4) is 0 Å². The van der Waals surface area contributed by atoms with Crippen molar-refractivity contribution in [1.29, 1.82) is 0 Å². The summed E-state index contributed by atoms with van der Waals surface area (Å²) in [5, 5.41) is 8.31. The summed E-state index contributed by atoms with van der Waals surface area (Å²) in [5.41, 5.74) is 0. The Hall–Kier alpha value is -1.06. The summed E-state index contributed by atoms with van der Waals surface area (Å²) in [6.07, 6.45) is 2.59. The summed E-state index contributed by atoms with van der Waals surface area (Å²) in [4.78, 5) is 20.6. The van der Waals surface area contributed by atoms with E-state index in [4.69, 9.17) is 5.11 Å². The van der Waals surface area contributed by atoms with Crippen LogP contribution >= 0.6 is 0 Å². The zero-order chi connectivity index (χ0) is 13.1. The number of hydrogen-bond acceptors (Lipinski definition) is 3. The average Bonchev–Trinajstić information content (AvgIpc) is 2.28. The Balaban J connectivity index is 0. The van der Waals surface area contributed by atoms with Crippen LogP contribution < -0.4 is 0 Å². The third-order valence-corrected chi connectivity index (χ3v) is 2.36. The molecule has 0 radical (unpaired) electrons. The Kier molecular flexibility index (Phi) is 11.3. The van der Waals surface area contributed by atoms with Gasteiger partial charge in [-0.3, -0.25) is 9.59 Å². The largest absolute Gasteiger partial charge is 0.481 e. The molecule has 0 fully saturated rings. The third kappa shape index (κ3) is 9.49. The zero-order valence-electron chi connectivity index (χ0n) is 10.9. The molecule has 0 bridgehead atoms. The monoisotopic (exact) mass is 232 g/mol. The van der Waals surface area contributed by atoms with E-state index >= 15 is 0 Å². The molecule has 16 heavy (non-hydrogen) atoms. The van der Waals surface area contributed by atoms with E-state index in [1.807, 2.05) is 20.8 Å². The van der Waals surface area contributed by atoms with Crippen molar-refractivity contribution in [2.24, 2.45) is 11.8 Å². The first-order chi connectivity index (χ1) is 7.40. The number of carbonyl (C=O) groups is 2. The van der Waals surface area contributed by atoms with E-state index in [0.717, 1.165) is 19.3 Å². The van der Waals surface area contributed by atoms with Crippen LogP contribution in [0.5, 0.6) is 0 Å². The summed E-state index contributed by atoms with van der Waals surface area (Å²) in [6.45, 7) is 7.53. The highest BCUT2D eigenvalue weighted by molar-refractivity contribution is 5.71. The minimum atomic E-state index is -0.688. The molecular weight excluding hydrogens is 208 g/mol. The number of aliphatic carboxylic acids is 1. The lowest BCUT2D eigenvalue weighted by molar-refractivity contribution is -0.145. The van der Waals surface area contributed by atoms with Crippen molar-refractivity contribution < 1.29 is 19.4 Å². The van der Waals surface area contributed by atoms with Gasteiger partial charge in [0.2, 0.25) is 0 Å². The van der Waals surface area contributed by atoms with Crippen molar-refractivity contribution in [2.45, 2.75) is 47.0 Å². The second kappa shape index (κ2) is 10.5. The first-order valence-electron chi connectivity index (χ1n) is 5.71.